The second-order valence-corrected chi connectivity index (χ2v) is 7.37. The van der Waals surface area contributed by atoms with Crippen molar-refractivity contribution in [1.29, 1.82) is 0 Å². The van der Waals surface area contributed by atoms with Crippen molar-refractivity contribution in [1.82, 2.24) is 9.88 Å². The third-order valence-electron chi connectivity index (χ3n) is 4.38. The van der Waals surface area contributed by atoms with Crippen molar-refractivity contribution in [3.8, 4) is 5.75 Å². The number of benzene rings is 2. The molecule has 0 spiro atoms. The smallest absolute Gasteiger partial charge is 0.254 e. The quantitative estimate of drug-likeness (QED) is 0.536. The molecule has 1 amide bonds. The second kappa shape index (κ2) is 9.82. The van der Waals surface area contributed by atoms with Gasteiger partial charge in [0.1, 0.15) is 11.6 Å². The first-order chi connectivity index (χ1) is 14.0. The van der Waals surface area contributed by atoms with Gasteiger partial charge in [-0.25, -0.2) is 4.39 Å². The summed E-state index contributed by atoms with van der Waals surface area (Å²) in [7, 11) is 0. The highest BCUT2D eigenvalue weighted by Gasteiger charge is 2.17. The minimum absolute atomic E-state index is 0.151. The van der Waals surface area contributed by atoms with E-state index in [9.17, 15) is 9.18 Å². The largest absolute Gasteiger partial charge is 0.493 e. The molecule has 150 valence electrons. The zero-order chi connectivity index (χ0) is 20.6. The highest BCUT2D eigenvalue weighted by atomic mass is 19.1. The van der Waals surface area contributed by atoms with Crippen molar-refractivity contribution in [3.63, 3.8) is 0 Å². The van der Waals surface area contributed by atoms with Crippen molar-refractivity contribution in [2.75, 3.05) is 6.61 Å². The first-order valence-electron chi connectivity index (χ1n) is 9.67. The molecule has 0 aliphatic heterocycles. The zero-order valence-corrected chi connectivity index (χ0v) is 16.7. The van der Waals surface area contributed by atoms with Gasteiger partial charge in [-0.3, -0.25) is 9.78 Å². The molecule has 0 radical (unpaired) electrons. The van der Waals surface area contributed by atoms with Gasteiger partial charge in [-0.1, -0.05) is 26.0 Å². The minimum atomic E-state index is -0.362. The molecule has 2 aromatic carbocycles. The van der Waals surface area contributed by atoms with Crippen LogP contribution in [0.1, 0.15) is 35.3 Å². The molecule has 29 heavy (non-hydrogen) atoms. The number of hydrogen-bond donors (Lipinski definition) is 0. The van der Waals surface area contributed by atoms with Crippen molar-refractivity contribution < 1.29 is 13.9 Å². The summed E-state index contributed by atoms with van der Waals surface area (Å²) in [5, 5.41) is 0. The molecular weight excluding hydrogens is 367 g/mol. The highest BCUT2D eigenvalue weighted by Crippen LogP contribution is 2.18. The molecule has 3 rings (SSSR count). The lowest BCUT2D eigenvalue weighted by molar-refractivity contribution is 0.0730. The molecule has 0 saturated heterocycles. The highest BCUT2D eigenvalue weighted by molar-refractivity contribution is 5.94. The first-order valence-corrected chi connectivity index (χ1v) is 9.67. The molecule has 3 aromatic rings. The number of amides is 1. The Morgan fingerprint density at radius 3 is 2.10 bits per heavy atom. The van der Waals surface area contributed by atoms with Gasteiger partial charge in [-0.05, 0) is 65.6 Å². The van der Waals surface area contributed by atoms with E-state index in [0.29, 0.717) is 31.2 Å². The van der Waals surface area contributed by atoms with Crippen LogP contribution in [0.15, 0.2) is 73.1 Å². The van der Waals surface area contributed by atoms with Gasteiger partial charge in [0, 0.05) is 31.0 Å². The van der Waals surface area contributed by atoms with Crippen LogP contribution in [-0.2, 0) is 13.1 Å². The Hall–Kier alpha value is -3.21. The molecule has 4 nitrogen and oxygen atoms in total. The average molecular weight is 392 g/mol. The van der Waals surface area contributed by atoms with Gasteiger partial charge in [0.05, 0.1) is 6.61 Å². The molecule has 0 aliphatic carbocycles. The summed E-state index contributed by atoms with van der Waals surface area (Å²) < 4.78 is 19.0. The maximum Gasteiger partial charge on any atom is 0.254 e. The lowest BCUT2D eigenvalue weighted by Gasteiger charge is -2.23. The fourth-order valence-electron chi connectivity index (χ4n) is 2.86. The number of pyridine rings is 1. The van der Waals surface area contributed by atoms with E-state index in [1.54, 1.807) is 17.3 Å². The number of aromatic nitrogens is 1. The number of ether oxygens (including phenoxy) is 1. The van der Waals surface area contributed by atoms with Crippen LogP contribution in [0.2, 0.25) is 0 Å². The van der Waals surface area contributed by atoms with Crippen LogP contribution in [0.4, 0.5) is 4.39 Å². The molecule has 0 bridgehead atoms. The molecule has 1 aromatic heterocycles. The molecule has 0 unspecified atom stereocenters. The van der Waals surface area contributed by atoms with E-state index in [1.165, 1.54) is 24.3 Å². The van der Waals surface area contributed by atoms with Gasteiger partial charge in [0.2, 0.25) is 0 Å². The Bertz CT molecular complexity index is 910. The summed E-state index contributed by atoms with van der Waals surface area (Å²) in [5.74, 6) is 0.757. The van der Waals surface area contributed by atoms with E-state index in [2.05, 4.69) is 18.8 Å². The molecule has 0 saturated carbocycles. The summed E-state index contributed by atoms with van der Waals surface area (Å²) in [6, 6.07) is 17.2. The molecule has 0 N–H and O–H groups in total. The number of carbonyl (C=O) groups excluding carboxylic acids is 1. The molecular formula is C24H25FN2O2. The Labute approximate surface area is 171 Å². The zero-order valence-electron chi connectivity index (χ0n) is 16.7. The predicted octanol–water partition coefficient (Wildman–Crippen LogP) is 5.10. The first kappa shape index (κ1) is 20.5. The van der Waals surface area contributed by atoms with Gasteiger partial charge in [-0.2, -0.15) is 0 Å². The van der Waals surface area contributed by atoms with Crippen LogP contribution < -0.4 is 4.74 Å². The summed E-state index contributed by atoms with van der Waals surface area (Å²) in [5.41, 5.74) is 2.43. The molecule has 0 atom stereocenters. The third kappa shape index (κ3) is 6.14. The Morgan fingerprint density at radius 1 is 0.931 bits per heavy atom. The predicted molar refractivity (Wildman–Crippen MR) is 111 cm³/mol. The Kier molecular flexibility index (Phi) is 6.95. The number of rotatable bonds is 8. The number of halogens is 1. The fraction of sp³-hybridized carbons (Fsp3) is 0.250. The van der Waals surface area contributed by atoms with E-state index in [-0.39, 0.29) is 11.7 Å². The van der Waals surface area contributed by atoms with Gasteiger partial charge in [0.15, 0.2) is 0 Å². The SMILES string of the molecule is CC(C)COc1ccc(CN(Cc2ccncc2)C(=O)c2ccc(F)cc2)cc1. The fourth-order valence-corrected chi connectivity index (χ4v) is 2.86. The van der Waals surface area contributed by atoms with E-state index in [1.807, 2.05) is 36.4 Å². The Balaban J connectivity index is 1.77. The molecule has 1 heterocycles. The molecule has 5 heteroatoms. The summed E-state index contributed by atoms with van der Waals surface area (Å²) in [4.78, 5) is 18.8. The summed E-state index contributed by atoms with van der Waals surface area (Å²) >= 11 is 0. The standard InChI is InChI=1S/C24H25FN2O2/c1-18(2)17-29-23-9-3-19(4-10-23)15-27(16-20-11-13-26-14-12-20)24(28)21-5-7-22(25)8-6-21/h3-14,18H,15-17H2,1-2H3. The van der Waals surface area contributed by atoms with Gasteiger partial charge in [0.25, 0.3) is 5.91 Å². The van der Waals surface area contributed by atoms with Crippen LogP contribution in [-0.4, -0.2) is 22.4 Å². The minimum Gasteiger partial charge on any atom is -0.493 e. The molecule has 0 aliphatic rings. The number of hydrogen-bond acceptors (Lipinski definition) is 3. The van der Waals surface area contributed by atoms with Crippen LogP contribution in [0.3, 0.4) is 0 Å². The topological polar surface area (TPSA) is 42.4 Å². The van der Waals surface area contributed by atoms with E-state index in [4.69, 9.17) is 4.74 Å². The number of nitrogens with zero attached hydrogens (tertiary/aromatic N) is 2. The van der Waals surface area contributed by atoms with E-state index < -0.39 is 0 Å². The molecule has 0 fully saturated rings. The lowest BCUT2D eigenvalue weighted by atomic mass is 10.1. The van der Waals surface area contributed by atoms with Crippen molar-refractivity contribution >= 4 is 5.91 Å². The lowest BCUT2D eigenvalue weighted by Crippen LogP contribution is -2.30. The van der Waals surface area contributed by atoms with Crippen molar-refractivity contribution in [3.05, 3.63) is 95.6 Å². The van der Waals surface area contributed by atoms with E-state index in [0.717, 1.165) is 16.9 Å². The average Bonchev–Trinajstić information content (AvgIpc) is 2.73. The second-order valence-electron chi connectivity index (χ2n) is 7.37. The maximum absolute atomic E-state index is 13.3. The van der Waals surface area contributed by atoms with Gasteiger partial charge in [-0.15, -0.1) is 0 Å². The Morgan fingerprint density at radius 2 is 1.52 bits per heavy atom. The normalized spacial score (nSPS) is 10.8. The maximum atomic E-state index is 13.3. The van der Waals surface area contributed by atoms with E-state index >= 15 is 0 Å². The number of carbonyl (C=O) groups is 1. The van der Waals surface area contributed by atoms with Crippen LogP contribution in [0.5, 0.6) is 5.75 Å². The van der Waals surface area contributed by atoms with Gasteiger partial charge >= 0.3 is 0 Å². The van der Waals surface area contributed by atoms with Crippen LogP contribution >= 0.6 is 0 Å². The summed E-state index contributed by atoms with van der Waals surface area (Å²) in [6.45, 7) is 5.74. The van der Waals surface area contributed by atoms with Crippen molar-refractivity contribution in [2.24, 2.45) is 5.92 Å². The third-order valence-corrected chi connectivity index (χ3v) is 4.38. The monoisotopic (exact) mass is 392 g/mol. The van der Waals surface area contributed by atoms with Crippen LogP contribution in [0, 0.1) is 11.7 Å². The van der Waals surface area contributed by atoms with Crippen LogP contribution in [0.25, 0.3) is 0 Å². The summed E-state index contributed by atoms with van der Waals surface area (Å²) in [6.07, 6.45) is 3.41. The van der Waals surface area contributed by atoms with Crippen molar-refractivity contribution in [2.45, 2.75) is 26.9 Å². The van der Waals surface area contributed by atoms with Gasteiger partial charge < -0.3 is 9.64 Å².